The van der Waals surface area contributed by atoms with Crippen LogP contribution in [0.5, 0.6) is 0 Å². The number of nitrogens with zero attached hydrogens (tertiary/aromatic N) is 1. The van der Waals surface area contributed by atoms with Gasteiger partial charge in [-0.3, -0.25) is 0 Å². The molecule has 1 saturated carbocycles. The number of benzene rings is 1. The van der Waals surface area contributed by atoms with E-state index in [2.05, 4.69) is 58.4 Å². The minimum atomic E-state index is 0.769. The van der Waals surface area contributed by atoms with Crippen molar-refractivity contribution in [2.24, 2.45) is 0 Å². The predicted octanol–water partition coefficient (Wildman–Crippen LogP) is 3.35. The quantitative estimate of drug-likeness (QED) is 0.773. The van der Waals surface area contributed by atoms with Gasteiger partial charge in [0.2, 0.25) is 0 Å². The van der Waals surface area contributed by atoms with Crippen LogP contribution in [0.15, 0.2) is 27.6 Å². The third-order valence-electron chi connectivity index (χ3n) is 2.99. The summed E-state index contributed by atoms with van der Waals surface area (Å²) in [6, 6.07) is 7.47. The molecule has 2 nitrogen and oxygen atoms in total. The minimum Gasteiger partial charge on any atom is -0.310 e. The lowest BCUT2D eigenvalue weighted by molar-refractivity contribution is 0.437. The number of thioether (sulfide) groups is 1. The van der Waals surface area contributed by atoms with E-state index in [4.69, 9.17) is 0 Å². The largest absolute Gasteiger partial charge is 0.310 e. The fourth-order valence-electron chi connectivity index (χ4n) is 1.65. The average Bonchev–Trinajstić information content (AvgIpc) is 3.11. The van der Waals surface area contributed by atoms with Gasteiger partial charge in [-0.05, 0) is 44.6 Å². The molecule has 1 aliphatic carbocycles. The molecule has 0 unspecified atom stereocenters. The molecule has 0 aliphatic heterocycles. The Labute approximate surface area is 123 Å². The summed E-state index contributed by atoms with van der Waals surface area (Å²) in [6.45, 7) is 2.10. The summed E-state index contributed by atoms with van der Waals surface area (Å²) in [5.74, 6) is 1.14. The van der Waals surface area contributed by atoms with Crippen molar-refractivity contribution in [3.63, 3.8) is 0 Å². The van der Waals surface area contributed by atoms with Gasteiger partial charge in [-0.15, -0.1) is 11.8 Å². The van der Waals surface area contributed by atoms with Crippen molar-refractivity contribution in [2.45, 2.75) is 30.3 Å². The summed E-state index contributed by atoms with van der Waals surface area (Å²) in [4.78, 5) is 3.56. The van der Waals surface area contributed by atoms with Gasteiger partial charge in [0.05, 0.1) is 0 Å². The molecule has 0 atom stereocenters. The van der Waals surface area contributed by atoms with Crippen LogP contribution < -0.4 is 5.32 Å². The molecule has 0 saturated heterocycles. The van der Waals surface area contributed by atoms with Crippen LogP contribution in [-0.2, 0) is 6.54 Å². The number of halogens is 1. The summed E-state index contributed by atoms with van der Waals surface area (Å²) >= 11 is 5.59. The summed E-state index contributed by atoms with van der Waals surface area (Å²) in [5.41, 5.74) is 1.36. The molecule has 0 heterocycles. The molecule has 1 N–H and O–H groups in total. The first kappa shape index (κ1) is 14.4. The monoisotopic (exact) mass is 328 g/mol. The van der Waals surface area contributed by atoms with Crippen molar-refractivity contribution in [3.8, 4) is 0 Å². The fourth-order valence-corrected chi connectivity index (χ4v) is 3.38. The molecular weight excluding hydrogens is 308 g/mol. The molecule has 2 rings (SSSR count). The maximum absolute atomic E-state index is 3.67. The summed E-state index contributed by atoms with van der Waals surface area (Å²) in [5, 5.41) is 3.55. The van der Waals surface area contributed by atoms with E-state index in [1.807, 2.05) is 11.8 Å². The van der Waals surface area contributed by atoms with Crippen LogP contribution in [0.4, 0.5) is 0 Å². The van der Waals surface area contributed by atoms with Crippen molar-refractivity contribution in [1.82, 2.24) is 10.2 Å². The first-order chi connectivity index (χ1) is 8.65. The van der Waals surface area contributed by atoms with E-state index in [1.165, 1.54) is 27.8 Å². The molecule has 0 bridgehead atoms. The van der Waals surface area contributed by atoms with Crippen LogP contribution in [0.1, 0.15) is 18.4 Å². The lowest BCUT2D eigenvalue weighted by atomic mass is 10.2. The first-order valence-corrected chi connectivity index (χ1v) is 8.22. The van der Waals surface area contributed by atoms with Gasteiger partial charge in [0, 0.05) is 34.3 Å². The third-order valence-corrected chi connectivity index (χ3v) is 4.70. The van der Waals surface area contributed by atoms with Gasteiger partial charge < -0.3 is 10.2 Å². The van der Waals surface area contributed by atoms with Crippen LogP contribution in [0.25, 0.3) is 0 Å². The molecule has 18 heavy (non-hydrogen) atoms. The number of hydrogen-bond acceptors (Lipinski definition) is 3. The zero-order valence-corrected chi connectivity index (χ0v) is 13.5. The molecule has 0 aromatic heterocycles. The molecule has 100 valence electrons. The Balaban J connectivity index is 1.83. The summed E-state index contributed by atoms with van der Waals surface area (Å²) in [7, 11) is 4.23. The fraction of sp³-hybridized carbons (Fsp3) is 0.571. The highest BCUT2D eigenvalue weighted by Gasteiger charge is 2.20. The van der Waals surface area contributed by atoms with Crippen molar-refractivity contribution in [2.75, 3.05) is 26.4 Å². The van der Waals surface area contributed by atoms with Crippen LogP contribution in [-0.4, -0.2) is 37.3 Å². The van der Waals surface area contributed by atoms with Crippen molar-refractivity contribution in [1.29, 1.82) is 0 Å². The van der Waals surface area contributed by atoms with Gasteiger partial charge in [-0.25, -0.2) is 0 Å². The average molecular weight is 329 g/mol. The highest BCUT2D eigenvalue weighted by atomic mass is 79.9. The standard InChI is InChI=1S/C14H21BrN2S/c1-17(2)7-8-18-13-6-3-11(14(15)9-13)10-16-12-4-5-12/h3,6,9,12,16H,4-5,7-8,10H2,1-2H3. The Morgan fingerprint density at radius 3 is 2.78 bits per heavy atom. The summed E-state index contributed by atoms with van der Waals surface area (Å²) in [6.07, 6.45) is 2.69. The molecule has 0 radical (unpaired) electrons. The maximum atomic E-state index is 3.67. The number of hydrogen-bond donors (Lipinski definition) is 1. The molecule has 1 aromatic carbocycles. The highest BCUT2D eigenvalue weighted by molar-refractivity contribution is 9.10. The van der Waals surface area contributed by atoms with Crippen LogP contribution in [0, 0.1) is 0 Å². The normalized spacial score (nSPS) is 15.3. The van der Waals surface area contributed by atoms with Gasteiger partial charge in [0.15, 0.2) is 0 Å². The smallest absolute Gasteiger partial charge is 0.0231 e. The Hall–Kier alpha value is -0.0300. The Morgan fingerprint density at radius 2 is 2.17 bits per heavy atom. The first-order valence-electron chi connectivity index (χ1n) is 6.44. The van der Waals surface area contributed by atoms with Crippen molar-refractivity contribution < 1.29 is 0 Å². The topological polar surface area (TPSA) is 15.3 Å². The minimum absolute atomic E-state index is 0.769. The van der Waals surface area contributed by atoms with E-state index < -0.39 is 0 Å². The zero-order chi connectivity index (χ0) is 13.0. The second kappa shape index (κ2) is 6.94. The number of rotatable bonds is 7. The Bertz CT molecular complexity index is 391. The van der Waals surface area contributed by atoms with E-state index in [0.29, 0.717) is 0 Å². The van der Waals surface area contributed by atoms with Gasteiger partial charge in [0.25, 0.3) is 0 Å². The third kappa shape index (κ3) is 4.92. The summed E-state index contributed by atoms with van der Waals surface area (Å²) < 4.78 is 1.23. The van der Waals surface area contributed by atoms with E-state index in [0.717, 1.165) is 24.9 Å². The Kier molecular flexibility index (Phi) is 5.55. The molecule has 1 aromatic rings. The Morgan fingerprint density at radius 1 is 1.39 bits per heavy atom. The van der Waals surface area contributed by atoms with Crippen LogP contribution >= 0.6 is 27.7 Å². The SMILES string of the molecule is CN(C)CCSc1ccc(CNC2CC2)c(Br)c1. The van der Waals surface area contributed by atoms with E-state index >= 15 is 0 Å². The maximum Gasteiger partial charge on any atom is 0.0231 e. The second-order valence-corrected chi connectivity index (χ2v) is 7.08. The van der Waals surface area contributed by atoms with E-state index in [-0.39, 0.29) is 0 Å². The molecule has 0 spiro atoms. The lowest BCUT2D eigenvalue weighted by Crippen LogP contribution is -2.15. The van der Waals surface area contributed by atoms with E-state index in [1.54, 1.807) is 0 Å². The zero-order valence-electron chi connectivity index (χ0n) is 11.1. The van der Waals surface area contributed by atoms with Gasteiger partial charge >= 0.3 is 0 Å². The molecule has 0 amide bonds. The molecular formula is C14H21BrN2S. The molecule has 4 heteroatoms. The lowest BCUT2D eigenvalue weighted by Gasteiger charge is -2.10. The number of nitrogens with one attached hydrogen (secondary N) is 1. The van der Waals surface area contributed by atoms with Gasteiger partial charge in [-0.2, -0.15) is 0 Å². The van der Waals surface area contributed by atoms with Crippen LogP contribution in [0.2, 0.25) is 0 Å². The molecule has 1 aliphatic rings. The van der Waals surface area contributed by atoms with Crippen molar-refractivity contribution in [3.05, 3.63) is 28.2 Å². The van der Waals surface area contributed by atoms with E-state index in [9.17, 15) is 0 Å². The predicted molar refractivity (Wildman–Crippen MR) is 83.3 cm³/mol. The van der Waals surface area contributed by atoms with Gasteiger partial charge in [-0.1, -0.05) is 22.0 Å². The van der Waals surface area contributed by atoms with Gasteiger partial charge in [0.1, 0.15) is 0 Å². The van der Waals surface area contributed by atoms with Crippen molar-refractivity contribution >= 4 is 27.7 Å². The molecule has 1 fully saturated rings. The van der Waals surface area contributed by atoms with Crippen LogP contribution in [0.3, 0.4) is 0 Å². The second-order valence-electron chi connectivity index (χ2n) is 5.06. The highest BCUT2D eigenvalue weighted by Crippen LogP contribution is 2.26.